The van der Waals surface area contributed by atoms with Crippen LogP contribution in [0.25, 0.3) is 0 Å². The van der Waals surface area contributed by atoms with Crippen LogP contribution >= 0.6 is 0 Å². The number of carbonyl (C=O) groups excluding carboxylic acids is 1. The first-order valence-corrected chi connectivity index (χ1v) is 7.87. The van der Waals surface area contributed by atoms with Gasteiger partial charge >= 0.3 is 0 Å². The molecule has 0 aromatic heterocycles. The lowest BCUT2D eigenvalue weighted by Gasteiger charge is -2.14. The molecule has 0 unspecified atom stereocenters. The van der Waals surface area contributed by atoms with Gasteiger partial charge in [0.15, 0.2) is 0 Å². The molecule has 3 heteroatoms. The molecule has 3 nitrogen and oxygen atoms in total. The maximum atomic E-state index is 11.4. The predicted octanol–water partition coefficient (Wildman–Crippen LogP) is 3.28. The van der Waals surface area contributed by atoms with Gasteiger partial charge in [0.2, 0.25) is 5.91 Å². The van der Waals surface area contributed by atoms with E-state index in [0.29, 0.717) is 5.91 Å². The van der Waals surface area contributed by atoms with E-state index in [-0.39, 0.29) is 0 Å². The summed E-state index contributed by atoms with van der Waals surface area (Å²) in [6.07, 6.45) is 9.70. The Bertz CT molecular complexity index is 354. The minimum Gasteiger partial charge on any atom is -0.343 e. The zero-order valence-corrected chi connectivity index (χ0v) is 13.4. The van der Waals surface area contributed by atoms with Crippen LogP contribution in [0.15, 0.2) is 23.3 Å². The van der Waals surface area contributed by atoms with Gasteiger partial charge in [0.25, 0.3) is 0 Å². The number of amides is 1. The molecule has 0 aromatic carbocycles. The summed E-state index contributed by atoms with van der Waals surface area (Å²) in [5, 5.41) is 3.42. The Balaban J connectivity index is 2.00. The van der Waals surface area contributed by atoms with Gasteiger partial charge in [-0.2, -0.15) is 0 Å². The third-order valence-electron chi connectivity index (χ3n) is 3.64. The Hall–Kier alpha value is -1.09. The van der Waals surface area contributed by atoms with Gasteiger partial charge in [-0.1, -0.05) is 23.3 Å². The van der Waals surface area contributed by atoms with E-state index in [1.165, 1.54) is 11.1 Å². The van der Waals surface area contributed by atoms with E-state index in [1.807, 2.05) is 4.90 Å². The molecule has 20 heavy (non-hydrogen) atoms. The van der Waals surface area contributed by atoms with Crippen LogP contribution in [0, 0.1) is 0 Å². The number of hydrogen-bond donors (Lipinski definition) is 1. The average Bonchev–Trinajstić information content (AvgIpc) is 2.79. The number of allylic oxidation sites excluding steroid dienone is 3. The maximum absolute atomic E-state index is 11.4. The van der Waals surface area contributed by atoms with Crippen LogP contribution in [0.3, 0.4) is 0 Å². The highest BCUT2D eigenvalue weighted by molar-refractivity contribution is 5.77. The monoisotopic (exact) mass is 278 g/mol. The first kappa shape index (κ1) is 17.0. The maximum Gasteiger partial charge on any atom is 0.222 e. The SMILES string of the molecule is CC(C)=CCC/C(C)=C/CNCCCN1CCCC1=O. The lowest BCUT2D eigenvalue weighted by atomic mass is 10.1. The van der Waals surface area contributed by atoms with Crippen LogP contribution in [0.4, 0.5) is 0 Å². The summed E-state index contributed by atoms with van der Waals surface area (Å²) < 4.78 is 0. The van der Waals surface area contributed by atoms with Gasteiger partial charge in [-0.05, 0) is 53.0 Å². The van der Waals surface area contributed by atoms with E-state index in [0.717, 1.165) is 58.3 Å². The lowest BCUT2D eigenvalue weighted by Crippen LogP contribution is -2.28. The van der Waals surface area contributed by atoms with Gasteiger partial charge in [-0.15, -0.1) is 0 Å². The summed E-state index contributed by atoms with van der Waals surface area (Å²) in [5.41, 5.74) is 2.84. The van der Waals surface area contributed by atoms with Crippen molar-refractivity contribution in [1.29, 1.82) is 0 Å². The molecule has 1 aliphatic rings. The van der Waals surface area contributed by atoms with Crippen molar-refractivity contribution in [3.8, 4) is 0 Å². The third kappa shape index (κ3) is 7.49. The molecule has 1 aliphatic heterocycles. The molecule has 1 saturated heterocycles. The Morgan fingerprint density at radius 2 is 2.10 bits per heavy atom. The summed E-state index contributed by atoms with van der Waals surface area (Å²) in [4.78, 5) is 13.4. The number of hydrogen-bond acceptors (Lipinski definition) is 2. The van der Waals surface area contributed by atoms with Crippen molar-refractivity contribution in [3.63, 3.8) is 0 Å². The van der Waals surface area contributed by atoms with Gasteiger partial charge in [0, 0.05) is 26.1 Å². The van der Waals surface area contributed by atoms with Gasteiger partial charge in [0.1, 0.15) is 0 Å². The van der Waals surface area contributed by atoms with E-state index < -0.39 is 0 Å². The van der Waals surface area contributed by atoms with Crippen molar-refractivity contribution in [2.75, 3.05) is 26.2 Å². The number of nitrogens with zero attached hydrogens (tertiary/aromatic N) is 1. The molecule has 0 aliphatic carbocycles. The topological polar surface area (TPSA) is 32.3 Å². The second kappa shape index (κ2) is 9.76. The average molecular weight is 278 g/mol. The fourth-order valence-corrected chi connectivity index (χ4v) is 2.37. The molecule has 0 radical (unpaired) electrons. The number of likely N-dealkylation sites (tertiary alicyclic amines) is 1. The Morgan fingerprint density at radius 3 is 2.75 bits per heavy atom. The quantitative estimate of drug-likeness (QED) is 0.518. The highest BCUT2D eigenvalue weighted by atomic mass is 16.2. The Kier molecular flexibility index (Phi) is 8.28. The molecule has 114 valence electrons. The van der Waals surface area contributed by atoms with Crippen molar-refractivity contribution in [2.45, 2.75) is 52.9 Å². The van der Waals surface area contributed by atoms with Crippen molar-refractivity contribution >= 4 is 5.91 Å². The van der Waals surface area contributed by atoms with Crippen LogP contribution in [0.5, 0.6) is 0 Å². The largest absolute Gasteiger partial charge is 0.343 e. The van der Waals surface area contributed by atoms with Crippen molar-refractivity contribution in [2.24, 2.45) is 0 Å². The van der Waals surface area contributed by atoms with Crippen molar-refractivity contribution < 1.29 is 4.79 Å². The normalized spacial score (nSPS) is 15.8. The van der Waals surface area contributed by atoms with Crippen molar-refractivity contribution in [3.05, 3.63) is 23.3 Å². The summed E-state index contributed by atoms with van der Waals surface area (Å²) >= 11 is 0. The molecule has 0 atom stereocenters. The molecular formula is C17H30N2O. The second-order valence-corrected chi connectivity index (χ2v) is 5.91. The van der Waals surface area contributed by atoms with Crippen molar-refractivity contribution in [1.82, 2.24) is 10.2 Å². The number of carbonyl (C=O) groups is 1. The fraction of sp³-hybridized carbons (Fsp3) is 0.706. The molecular weight excluding hydrogens is 248 g/mol. The standard InChI is InChI=1S/C17H30N2O/c1-15(2)7-4-8-16(3)10-12-18-11-6-14-19-13-5-9-17(19)20/h7,10,18H,4-6,8-9,11-14H2,1-3H3/b16-10+. The molecule has 1 heterocycles. The first-order valence-electron chi connectivity index (χ1n) is 7.87. The molecule has 0 aromatic rings. The van der Waals surface area contributed by atoms with Gasteiger partial charge in [-0.3, -0.25) is 4.79 Å². The van der Waals surface area contributed by atoms with E-state index in [1.54, 1.807) is 0 Å². The molecule has 1 fully saturated rings. The molecule has 1 N–H and O–H groups in total. The van der Waals surface area contributed by atoms with Gasteiger partial charge in [0.05, 0.1) is 0 Å². The third-order valence-corrected chi connectivity index (χ3v) is 3.64. The zero-order valence-electron chi connectivity index (χ0n) is 13.4. The van der Waals surface area contributed by atoms with E-state index >= 15 is 0 Å². The minimum atomic E-state index is 0.333. The smallest absolute Gasteiger partial charge is 0.222 e. The van der Waals surface area contributed by atoms with Crippen LogP contribution in [0.1, 0.15) is 52.9 Å². The van der Waals surface area contributed by atoms with Crippen LogP contribution in [-0.2, 0) is 4.79 Å². The summed E-state index contributed by atoms with van der Waals surface area (Å²) in [5.74, 6) is 0.333. The summed E-state index contributed by atoms with van der Waals surface area (Å²) in [6.45, 7) is 10.3. The zero-order chi connectivity index (χ0) is 14.8. The molecule has 1 rings (SSSR count). The Labute approximate surface area is 124 Å². The van der Waals surface area contributed by atoms with Crippen LogP contribution in [0.2, 0.25) is 0 Å². The minimum absolute atomic E-state index is 0.333. The lowest BCUT2D eigenvalue weighted by molar-refractivity contribution is -0.127. The molecule has 1 amide bonds. The Morgan fingerprint density at radius 1 is 1.30 bits per heavy atom. The van der Waals surface area contributed by atoms with Gasteiger partial charge < -0.3 is 10.2 Å². The molecule has 0 saturated carbocycles. The molecule has 0 bridgehead atoms. The fourth-order valence-electron chi connectivity index (χ4n) is 2.37. The second-order valence-electron chi connectivity index (χ2n) is 5.91. The first-order chi connectivity index (χ1) is 9.59. The predicted molar refractivity (Wildman–Crippen MR) is 85.7 cm³/mol. The number of rotatable bonds is 9. The van der Waals surface area contributed by atoms with Crippen LogP contribution in [-0.4, -0.2) is 37.0 Å². The summed E-state index contributed by atoms with van der Waals surface area (Å²) in [6, 6.07) is 0. The number of nitrogens with one attached hydrogen (secondary N) is 1. The van der Waals surface area contributed by atoms with E-state index in [4.69, 9.17) is 0 Å². The van der Waals surface area contributed by atoms with E-state index in [9.17, 15) is 4.79 Å². The van der Waals surface area contributed by atoms with Crippen LogP contribution < -0.4 is 5.32 Å². The van der Waals surface area contributed by atoms with Gasteiger partial charge in [-0.25, -0.2) is 0 Å². The highest BCUT2D eigenvalue weighted by Crippen LogP contribution is 2.09. The molecule has 0 spiro atoms. The van der Waals surface area contributed by atoms with E-state index in [2.05, 4.69) is 38.2 Å². The highest BCUT2D eigenvalue weighted by Gasteiger charge is 2.18. The summed E-state index contributed by atoms with van der Waals surface area (Å²) in [7, 11) is 0.